The Morgan fingerprint density at radius 2 is 2.00 bits per heavy atom. The molecule has 0 bridgehead atoms. The van der Waals surface area contributed by atoms with Crippen molar-refractivity contribution in [1.29, 1.82) is 5.26 Å². The molecule has 2 N–H and O–H groups in total. The maximum absolute atomic E-state index is 11.9. The largest absolute Gasteiger partial charge is 0.396 e. The summed E-state index contributed by atoms with van der Waals surface area (Å²) >= 11 is 0. The van der Waals surface area contributed by atoms with Gasteiger partial charge in [0, 0.05) is 13.2 Å². The minimum atomic E-state index is -0.00158. The molecule has 2 unspecified atom stereocenters. The third kappa shape index (κ3) is 3.82. The van der Waals surface area contributed by atoms with E-state index in [1.807, 2.05) is 12.1 Å². The number of benzene rings is 1. The number of aliphatic hydroxyl groups excluding tert-OH is 1. The fourth-order valence-electron chi connectivity index (χ4n) is 2.81. The van der Waals surface area contributed by atoms with Gasteiger partial charge >= 0.3 is 0 Å². The van der Waals surface area contributed by atoms with Gasteiger partial charge in [-0.2, -0.15) is 5.26 Å². The minimum Gasteiger partial charge on any atom is -0.396 e. The molecular formula is C16H20N2O2. The van der Waals surface area contributed by atoms with Crippen LogP contribution in [0.1, 0.15) is 30.4 Å². The van der Waals surface area contributed by atoms with E-state index in [0.29, 0.717) is 30.4 Å². The van der Waals surface area contributed by atoms with E-state index in [4.69, 9.17) is 5.26 Å². The van der Waals surface area contributed by atoms with Gasteiger partial charge in [-0.1, -0.05) is 18.6 Å². The van der Waals surface area contributed by atoms with Crippen molar-refractivity contribution in [3.63, 3.8) is 0 Å². The first-order valence-electron chi connectivity index (χ1n) is 7.09. The Morgan fingerprint density at radius 3 is 2.65 bits per heavy atom. The number of hydrogen-bond donors (Lipinski definition) is 2. The van der Waals surface area contributed by atoms with Crippen molar-refractivity contribution >= 4 is 5.91 Å². The van der Waals surface area contributed by atoms with Crippen molar-refractivity contribution in [3.8, 4) is 6.07 Å². The predicted octanol–water partition coefficient (Wildman–Crippen LogP) is 1.63. The molecule has 0 radical (unpaired) electrons. The minimum absolute atomic E-state index is 0.00158. The van der Waals surface area contributed by atoms with E-state index >= 15 is 0 Å². The smallest absolute Gasteiger partial charge is 0.224 e. The Morgan fingerprint density at radius 1 is 1.30 bits per heavy atom. The Balaban J connectivity index is 1.79. The summed E-state index contributed by atoms with van der Waals surface area (Å²) in [5.41, 5.74) is 1.51. The van der Waals surface area contributed by atoms with Crippen molar-refractivity contribution in [1.82, 2.24) is 5.32 Å². The van der Waals surface area contributed by atoms with E-state index in [9.17, 15) is 9.90 Å². The summed E-state index contributed by atoms with van der Waals surface area (Å²) in [6.45, 7) is 0.872. The molecule has 1 aromatic rings. The van der Waals surface area contributed by atoms with E-state index in [1.54, 1.807) is 12.1 Å². The van der Waals surface area contributed by atoms with Gasteiger partial charge in [-0.15, -0.1) is 0 Å². The third-order valence-electron chi connectivity index (χ3n) is 4.06. The molecule has 4 nitrogen and oxygen atoms in total. The molecule has 0 saturated heterocycles. The summed E-state index contributed by atoms with van der Waals surface area (Å²) in [6, 6.07) is 9.12. The molecule has 20 heavy (non-hydrogen) atoms. The predicted molar refractivity (Wildman–Crippen MR) is 75.8 cm³/mol. The number of aliphatic hydroxyl groups is 1. The monoisotopic (exact) mass is 272 g/mol. The highest BCUT2D eigenvalue weighted by Gasteiger charge is 2.26. The highest BCUT2D eigenvalue weighted by atomic mass is 16.3. The third-order valence-corrected chi connectivity index (χ3v) is 4.06. The molecule has 1 amide bonds. The van der Waals surface area contributed by atoms with Crippen LogP contribution in [0.4, 0.5) is 0 Å². The summed E-state index contributed by atoms with van der Waals surface area (Å²) in [5.74, 6) is 0.744. The van der Waals surface area contributed by atoms with Gasteiger partial charge < -0.3 is 10.4 Å². The number of nitriles is 1. The summed E-state index contributed by atoms with van der Waals surface area (Å²) in [4.78, 5) is 11.9. The number of carbonyl (C=O) groups is 1. The summed E-state index contributed by atoms with van der Waals surface area (Å²) in [5, 5.41) is 20.9. The second-order valence-corrected chi connectivity index (χ2v) is 5.42. The zero-order valence-electron chi connectivity index (χ0n) is 11.5. The van der Waals surface area contributed by atoms with E-state index in [1.165, 1.54) is 0 Å². The standard InChI is InChI=1S/C16H20N2O2/c17-9-13-6-4-12(5-7-13)8-16(20)18-10-14-2-1-3-15(14)11-19/h4-7,14-15,19H,1-3,8,10-11H2,(H,18,20). The normalized spacial score (nSPS) is 21.4. The lowest BCUT2D eigenvalue weighted by atomic mass is 9.97. The van der Waals surface area contributed by atoms with Gasteiger partial charge in [0.05, 0.1) is 18.1 Å². The topological polar surface area (TPSA) is 73.1 Å². The van der Waals surface area contributed by atoms with Gasteiger partial charge in [-0.25, -0.2) is 0 Å². The zero-order valence-corrected chi connectivity index (χ0v) is 11.5. The van der Waals surface area contributed by atoms with Crippen molar-refractivity contribution in [2.24, 2.45) is 11.8 Å². The number of hydrogen-bond acceptors (Lipinski definition) is 3. The molecule has 1 aliphatic rings. The number of nitrogens with one attached hydrogen (secondary N) is 1. The van der Waals surface area contributed by atoms with Crippen molar-refractivity contribution in [2.75, 3.05) is 13.2 Å². The molecule has 2 rings (SSSR count). The highest BCUT2D eigenvalue weighted by Crippen LogP contribution is 2.30. The first-order chi connectivity index (χ1) is 9.72. The average molecular weight is 272 g/mol. The van der Waals surface area contributed by atoms with Gasteiger partial charge in [0.15, 0.2) is 0 Å². The van der Waals surface area contributed by atoms with Crippen LogP contribution in [0.25, 0.3) is 0 Å². The lowest BCUT2D eigenvalue weighted by Crippen LogP contribution is -2.32. The summed E-state index contributed by atoms with van der Waals surface area (Å²) < 4.78 is 0. The highest BCUT2D eigenvalue weighted by molar-refractivity contribution is 5.78. The molecule has 106 valence electrons. The molecule has 4 heteroatoms. The van der Waals surface area contributed by atoms with Crippen molar-refractivity contribution in [2.45, 2.75) is 25.7 Å². The molecule has 1 saturated carbocycles. The van der Waals surface area contributed by atoms with Crippen molar-refractivity contribution in [3.05, 3.63) is 35.4 Å². The molecule has 0 aromatic heterocycles. The quantitative estimate of drug-likeness (QED) is 0.855. The van der Waals surface area contributed by atoms with Crippen LogP contribution in [0, 0.1) is 23.2 Å². The van der Waals surface area contributed by atoms with Gasteiger partial charge in [-0.3, -0.25) is 4.79 Å². The first kappa shape index (κ1) is 14.5. The van der Waals surface area contributed by atoms with Crippen LogP contribution in [0.2, 0.25) is 0 Å². The van der Waals surface area contributed by atoms with Crippen LogP contribution in [0.5, 0.6) is 0 Å². The van der Waals surface area contributed by atoms with Gasteiger partial charge in [0.2, 0.25) is 5.91 Å². The molecule has 1 aromatic carbocycles. The van der Waals surface area contributed by atoms with E-state index in [2.05, 4.69) is 11.4 Å². The average Bonchev–Trinajstić information content (AvgIpc) is 2.93. The molecule has 0 aliphatic heterocycles. The molecular weight excluding hydrogens is 252 g/mol. The molecule has 1 aliphatic carbocycles. The number of nitrogens with zero attached hydrogens (tertiary/aromatic N) is 1. The molecule has 1 fully saturated rings. The summed E-state index contributed by atoms with van der Waals surface area (Å²) in [6.07, 6.45) is 3.62. The maximum atomic E-state index is 11.9. The van der Waals surface area contributed by atoms with E-state index < -0.39 is 0 Å². The van der Waals surface area contributed by atoms with Crippen LogP contribution >= 0.6 is 0 Å². The van der Waals surface area contributed by atoms with E-state index in [0.717, 1.165) is 24.8 Å². The second-order valence-electron chi connectivity index (χ2n) is 5.42. The van der Waals surface area contributed by atoms with Crippen LogP contribution in [-0.2, 0) is 11.2 Å². The Hall–Kier alpha value is -1.86. The fourth-order valence-corrected chi connectivity index (χ4v) is 2.81. The number of amides is 1. The van der Waals surface area contributed by atoms with Crippen LogP contribution in [0.3, 0.4) is 0 Å². The lowest BCUT2D eigenvalue weighted by Gasteiger charge is -2.17. The maximum Gasteiger partial charge on any atom is 0.224 e. The summed E-state index contributed by atoms with van der Waals surface area (Å²) in [7, 11) is 0. The fraction of sp³-hybridized carbons (Fsp3) is 0.500. The molecule has 2 atom stereocenters. The van der Waals surface area contributed by atoms with Crippen LogP contribution in [0.15, 0.2) is 24.3 Å². The zero-order chi connectivity index (χ0) is 14.4. The van der Waals surface area contributed by atoms with Crippen molar-refractivity contribution < 1.29 is 9.90 Å². The van der Waals surface area contributed by atoms with Gasteiger partial charge in [0.1, 0.15) is 0 Å². The Bertz CT molecular complexity index is 490. The van der Waals surface area contributed by atoms with Gasteiger partial charge in [0.25, 0.3) is 0 Å². The Kier molecular flexibility index (Phi) is 5.14. The molecule has 0 heterocycles. The first-order valence-corrected chi connectivity index (χ1v) is 7.09. The molecule has 0 spiro atoms. The number of rotatable bonds is 5. The second kappa shape index (κ2) is 7.06. The number of carbonyl (C=O) groups excluding carboxylic acids is 1. The lowest BCUT2D eigenvalue weighted by molar-refractivity contribution is -0.120. The van der Waals surface area contributed by atoms with Gasteiger partial charge in [-0.05, 0) is 42.4 Å². The van der Waals surface area contributed by atoms with Crippen LogP contribution in [-0.4, -0.2) is 24.2 Å². The van der Waals surface area contributed by atoms with Crippen LogP contribution < -0.4 is 5.32 Å². The Labute approximate surface area is 119 Å². The SMILES string of the molecule is N#Cc1ccc(CC(=O)NCC2CCCC2CO)cc1. The van der Waals surface area contributed by atoms with E-state index in [-0.39, 0.29) is 12.5 Å².